The normalized spacial score (nSPS) is 11.6. The molecule has 1 aromatic carbocycles. The molecule has 1 rings (SSSR count). The van der Waals surface area contributed by atoms with Gasteiger partial charge >= 0.3 is 0 Å². The number of aryl methyl sites for hydroxylation is 1. The number of benzene rings is 1. The molecule has 0 aromatic heterocycles. The second-order valence-corrected chi connectivity index (χ2v) is 4.43. The fourth-order valence-electron chi connectivity index (χ4n) is 1.59. The molecule has 20 heavy (non-hydrogen) atoms. The fourth-order valence-corrected chi connectivity index (χ4v) is 1.59. The molecule has 0 amide bonds. The van der Waals surface area contributed by atoms with Crippen LogP contribution in [0, 0.1) is 0 Å². The molecule has 5 heteroatoms. The van der Waals surface area contributed by atoms with E-state index in [2.05, 4.69) is 5.16 Å². The fraction of sp³-hybridized carbons (Fsp3) is 0.533. The third kappa shape index (κ3) is 7.11. The van der Waals surface area contributed by atoms with Gasteiger partial charge in [0.25, 0.3) is 0 Å². The molecule has 0 saturated carbocycles. The summed E-state index contributed by atoms with van der Waals surface area (Å²) in [7, 11) is 1.65. The van der Waals surface area contributed by atoms with Crippen molar-refractivity contribution < 1.29 is 19.4 Å². The predicted octanol–water partition coefficient (Wildman–Crippen LogP) is 2.51. The standard InChI is InChI=1S/C15H23NO4/c1-13(16-17)3-4-14-5-7-15(8-6-14)20-12-11-19-10-9-18-2/h5-8,17H,3-4,9-12H2,1-2H3. The molecule has 0 saturated heterocycles. The Morgan fingerprint density at radius 2 is 1.80 bits per heavy atom. The minimum atomic E-state index is 0.527. The van der Waals surface area contributed by atoms with Gasteiger partial charge in [0.1, 0.15) is 12.4 Å². The maximum absolute atomic E-state index is 8.58. The van der Waals surface area contributed by atoms with Crippen molar-refractivity contribution in [2.75, 3.05) is 33.5 Å². The molecular weight excluding hydrogens is 258 g/mol. The van der Waals surface area contributed by atoms with E-state index in [4.69, 9.17) is 19.4 Å². The van der Waals surface area contributed by atoms with Crippen LogP contribution in [-0.2, 0) is 15.9 Å². The van der Waals surface area contributed by atoms with Crippen molar-refractivity contribution in [1.29, 1.82) is 0 Å². The second kappa shape index (κ2) is 10.2. The van der Waals surface area contributed by atoms with E-state index in [9.17, 15) is 0 Å². The van der Waals surface area contributed by atoms with Gasteiger partial charge in [-0.05, 0) is 37.5 Å². The lowest BCUT2D eigenvalue weighted by molar-refractivity contribution is 0.0544. The lowest BCUT2D eigenvalue weighted by Crippen LogP contribution is -2.09. The van der Waals surface area contributed by atoms with Crippen molar-refractivity contribution in [1.82, 2.24) is 0 Å². The Morgan fingerprint density at radius 1 is 1.10 bits per heavy atom. The third-order valence-corrected chi connectivity index (χ3v) is 2.80. The first-order valence-corrected chi connectivity index (χ1v) is 6.72. The topological polar surface area (TPSA) is 60.3 Å². The van der Waals surface area contributed by atoms with E-state index in [1.807, 2.05) is 24.3 Å². The van der Waals surface area contributed by atoms with Crippen LogP contribution in [0.3, 0.4) is 0 Å². The summed E-state index contributed by atoms with van der Waals surface area (Å²) in [5.74, 6) is 0.830. The highest BCUT2D eigenvalue weighted by Gasteiger charge is 1.98. The summed E-state index contributed by atoms with van der Waals surface area (Å²) in [6.45, 7) is 4.08. The molecule has 0 aliphatic carbocycles. The maximum Gasteiger partial charge on any atom is 0.119 e. The summed E-state index contributed by atoms with van der Waals surface area (Å²) in [5.41, 5.74) is 1.93. The largest absolute Gasteiger partial charge is 0.491 e. The van der Waals surface area contributed by atoms with Gasteiger partial charge in [0, 0.05) is 7.11 Å². The Labute approximate surface area is 120 Å². The SMILES string of the molecule is COCCOCCOc1ccc(CCC(C)=NO)cc1. The van der Waals surface area contributed by atoms with Crippen molar-refractivity contribution >= 4 is 5.71 Å². The molecule has 112 valence electrons. The highest BCUT2D eigenvalue weighted by molar-refractivity contribution is 5.81. The summed E-state index contributed by atoms with van der Waals surface area (Å²) >= 11 is 0. The molecular formula is C15H23NO4. The van der Waals surface area contributed by atoms with Gasteiger partial charge in [0.15, 0.2) is 0 Å². The highest BCUT2D eigenvalue weighted by Crippen LogP contribution is 2.13. The van der Waals surface area contributed by atoms with Gasteiger partial charge < -0.3 is 19.4 Å². The molecule has 5 nitrogen and oxygen atoms in total. The average molecular weight is 281 g/mol. The zero-order valence-electron chi connectivity index (χ0n) is 12.2. The number of rotatable bonds is 10. The van der Waals surface area contributed by atoms with Crippen molar-refractivity contribution in [2.45, 2.75) is 19.8 Å². The summed E-state index contributed by atoms with van der Waals surface area (Å²) in [5, 5.41) is 11.7. The van der Waals surface area contributed by atoms with E-state index in [0.29, 0.717) is 26.4 Å². The molecule has 0 bridgehead atoms. The van der Waals surface area contributed by atoms with Gasteiger partial charge in [0.05, 0.1) is 25.5 Å². The first-order valence-electron chi connectivity index (χ1n) is 6.72. The van der Waals surface area contributed by atoms with E-state index in [0.717, 1.165) is 24.3 Å². The van der Waals surface area contributed by atoms with Crippen molar-refractivity contribution in [3.8, 4) is 5.75 Å². The molecule has 1 N–H and O–H groups in total. The summed E-state index contributed by atoms with van der Waals surface area (Å²) < 4.78 is 15.7. The van der Waals surface area contributed by atoms with E-state index < -0.39 is 0 Å². The monoisotopic (exact) mass is 281 g/mol. The smallest absolute Gasteiger partial charge is 0.119 e. The number of methoxy groups -OCH3 is 1. The number of hydrogen-bond donors (Lipinski definition) is 1. The van der Waals surface area contributed by atoms with Crippen LogP contribution in [0.5, 0.6) is 5.75 Å². The number of oxime groups is 1. The Kier molecular flexibility index (Phi) is 8.42. The number of ether oxygens (including phenoxy) is 3. The minimum Gasteiger partial charge on any atom is -0.491 e. The Bertz CT molecular complexity index is 389. The molecule has 0 atom stereocenters. The number of hydrogen-bond acceptors (Lipinski definition) is 5. The lowest BCUT2D eigenvalue weighted by atomic mass is 10.1. The van der Waals surface area contributed by atoms with Gasteiger partial charge in [0.2, 0.25) is 0 Å². The Balaban J connectivity index is 2.21. The Morgan fingerprint density at radius 3 is 2.45 bits per heavy atom. The van der Waals surface area contributed by atoms with E-state index in [-0.39, 0.29) is 0 Å². The number of nitrogens with zero attached hydrogens (tertiary/aromatic N) is 1. The van der Waals surface area contributed by atoms with Crippen LogP contribution >= 0.6 is 0 Å². The lowest BCUT2D eigenvalue weighted by Gasteiger charge is -2.08. The highest BCUT2D eigenvalue weighted by atomic mass is 16.5. The van der Waals surface area contributed by atoms with Gasteiger partial charge in [-0.25, -0.2) is 0 Å². The molecule has 0 aliphatic heterocycles. The van der Waals surface area contributed by atoms with Gasteiger partial charge in [-0.2, -0.15) is 0 Å². The average Bonchev–Trinajstić information content (AvgIpc) is 2.49. The minimum absolute atomic E-state index is 0.527. The summed E-state index contributed by atoms with van der Waals surface area (Å²) in [6.07, 6.45) is 1.61. The van der Waals surface area contributed by atoms with Crippen LogP contribution < -0.4 is 4.74 Å². The zero-order valence-corrected chi connectivity index (χ0v) is 12.2. The van der Waals surface area contributed by atoms with E-state index >= 15 is 0 Å². The first kappa shape index (κ1) is 16.5. The molecule has 0 aliphatic rings. The summed E-state index contributed by atoms with van der Waals surface area (Å²) in [6, 6.07) is 7.92. The van der Waals surface area contributed by atoms with Crippen molar-refractivity contribution in [3.63, 3.8) is 0 Å². The molecule has 0 radical (unpaired) electrons. The molecule has 0 unspecified atom stereocenters. The molecule has 1 aromatic rings. The van der Waals surface area contributed by atoms with Crippen LogP contribution in [-0.4, -0.2) is 44.5 Å². The third-order valence-electron chi connectivity index (χ3n) is 2.80. The van der Waals surface area contributed by atoms with Crippen molar-refractivity contribution in [3.05, 3.63) is 29.8 Å². The second-order valence-electron chi connectivity index (χ2n) is 4.43. The maximum atomic E-state index is 8.58. The van der Waals surface area contributed by atoms with Gasteiger partial charge in [-0.3, -0.25) is 0 Å². The van der Waals surface area contributed by atoms with Crippen LogP contribution in [0.1, 0.15) is 18.9 Å². The van der Waals surface area contributed by atoms with E-state index in [1.165, 1.54) is 5.56 Å². The van der Waals surface area contributed by atoms with Gasteiger partial charge in [-0.1, -0.05) is 17.3 Å². The van der Waals surface area contributed by atoms with E-state index in [1.54, 1.807) is 14.0 Å². The van der Waals surface area contributed by atoms with Gasteiger partial charge in [-0.15, -0.1) is 0 Å². The van der Waals surface area contributed by atoms with Crippen molar-refractivity contribution in [2.24, 2.45) is 5.16 Å². The molecule has 0 spiro atoms. The van der Waals surface area contributed by atoms with Crippen LogP contribution in [0.25, 0.3) is 0 Å². The van der Waals surface area contributed by atoms with Crippen LogP contribution in [0.15, 0.2) is 29.4 Å². The zero-order chi connectivity index (χ0) is 14.6. The summed E-state index contributed by atoms with van der Waals surface area (Å²) in [4.78, 5) is 0. The first-order chi connectivity index (χ1) is 9.76. The molecule has 0 fully saturated rings. The quantitative estimate of drug-likeness (QED) is 0.310. The van der Waals surface area contributed by atoms with Crippen LogP contribution in [0.2, 0.25) is 0 Å². The Hall–Kier alpha value is -1.59. The predicted molar refractivity (Wildman–Crippen MR) is 77.8 cm³/mol. The molecule has 0 heterocycles. The van der Waals surface area contributed by atoms with Crippen LogP contribution in [0.4, 0.5) is 0 Å².